The standard InChI is InChI=1S/C13H20.C8H16.C4H10.C3H8.C2H6/c1-5-7-13-9-12(6-2)10(3)8-11(13)4;1-6-8(4,5)7(2)3;1-4(2)3;1-3-2;1-2/h8-9H,5-7H2,1-4H3;2,6H2,1,3-5H3;4H,1-3H3;3H2,1-2H3;1-2H3. The Balaban J connectivity index is -0.000000170. The molecule has 0 heterocycles. The van der Waals surface area contributed by atoms with E-state index in [1.165, 1.54) is 53.5 Å². The smallest absolute Gasteiger partial charge is 0.0153 e. The summed E-state index contributed by atoms with van der Waals surface area (Å²) in [6.07, 6.45) is 6.05. The zero-order chi connectivity index (χ0) is 24.9. The molecule has 1 aromatic carbocycles. The lowest BCUT2D eigenvalue weighted by Gasteiger charge is -2.22. The lowest BCUT2D eigenvalue weighted by Crippen LogP contribution is -2.09. The molecular formula is C30H60. The topological polar surface area (TPSA) is 0 Å². The average Bonchev–Trinajstić information content (AvgIpc) is 2.66. The Hall–Kier alpha value is -1.04. The van der Waals surface area contributed by atoms with Gasteiger partial charge in [-0.2, -0.15) is 0 Å². The van der Waals surface area contributed by atoms with Crippen LogP contribution < -0.4 is 0 Å². The molecule has 0 nitrogen and oxygen atoms in total. The van der Waals surface area contributed by atoms with Gasteiger partial charge in [0.1, 0.15) is 0 Å². The van der Waals surface area contributed by atoms with E-state index in [9.17, 15) is 0 Å². The van der Waals surface area contributed by atoms with Gasteiger partial charge in [0.15, 0.2) is 0 Å². The largest absolute Gasteiger partial charge is 0.0996 e. The number of hydrogen-bond acceptors (Lipinski definition) is 0. The van der Waals surface area contributed by atoms with Crippen LogP contribution in [0.1, 0.15) is 132 Å². The fraction of sp³-hybridized carbons (Fsp3) is 0.733. The summed E-state index contributed by atoms with van der Waals surface area (Å²) in [6, 6.07) is 4.71. The summed E-state index contributed by atoms with van der Waals surface area (Å²) < 4.78 is 0. The van der Waals surface area contributed by atoms with Crippen LogP contribution in [0.4, 0.5) is 0 Å². The second-order valence-electron chi connectivity index (χ2n) is 9.27. The van der Waals surface area contributed by atoms with E-state index in [0.29, 0.717) is 5.41 Å². The molecule has 0 spiro atoms. The number of allylic oxidation sites excluding steroid dienone is 1. The fourth-order valence-electron chi connectivity index (χ4n) is 2.17. The quantitative estimate of drug-likeness (QED) is 0.415. The summed E-state index contributed by atoms with van der Waals surface area (Å²) >= 11 is 0. The Bertz CT molecular complexity index is 500. The van der Waals surface area contributed by atoms with Crippen LogP contribution in [0.5, 0.6) is 0 Å². The maximum Gasteiger partial charge on any atom is -0.0153 e. The van der Waals surface area contributed by atoms with Gasteiger partial charge in [0.2, 0.25) is 0 Å². The van der Waals surface area contributed by atoms with E-state index in [1.54, 1.807) is 0 Å². The number of benzene rings is 1. The van der Waals surface area contributed by atoms with E-state index in [1.807, 2.05) is 13.8 Å². The lowest BCUT2D eigenvalue weighted by molar-refractivity contribution is 0.431. The van der Waals surface area contributed by atoms with Gasteiger partial charge in [-0.05, 0) is 73.6 Å². The third-order valence-corrected chi connectivity index (χ3v) is 4.73. The van der Waals surface area contributed by atoms with E-state index in [-0.39, 0.29) is 0 Å². The van der Waals surface area contributed by atoms with Gasteiger partial charge in [-0.15, -0.1) is 0 Å². The summed E-state index contributed by atoms with van der Waals surface area (Å²) in [7, 11) is 0. The highest BCUT2D eigenvalue weighted by Crippen LogP contribution is 2.27. The molecule has 0 saturated heterocycles. The zero-order valence-corrected chi connectivity index (χ0v) is 24.0. The summed E-state index contributed by atoms with van der Waals surface area (Å²) in [4.78, 5) is 0. The maximum absolute atomic E-state index is 3.90. The first-order chi connectivity index (χ1) is 13.8. The first kappa shape index (κ1) is 36.3. The molecule has 0 aliphatic carbocycles. The van der Waals surface area contributed by atoms with Gasteiger partial charge in [-0.1, -0.05) is 120 Å². The Labute approximate surface area is 194 Å². The third kappa shape index (κ3) is 21.7. The molecule has 0 atom stereocenters. The predicted octanol–water partition coefficient (Wildman–Crippen LogP) is 10.9. The van der Waals surface area contributed by atoms with Gasteiger partial charge >= 0.3 is 0 Å². The predicted molar refractivity (Wildman–Crippen MR) is 146 cm³/mol. The van der Waals surface area contributed by atoms with Crippen LogP contribution in [-0.2, 0) is 12.8 Å². The highest BCUT2D eigenvalue weighted by molar-refractivity contribution is 5.37. The molecule has 30 heavy (non-hydrogen) atoms. The molecule has 0 unspecified atom stereocenters. The SMILES string of the molecule is C=C(C)C(C)(C)CC.CC.CC(C)C.CCC.CCCc1cc(CC)c(C)cc1C. The molecule has 180 valence electrons. The Kier molecular flexibility index (Phi) is 27.4. The van der Waals surface area contributed by atoms with Crippen LogP contribution in [0.3, 0.4) is 0 Å². The average molecular weight is 421 g/mol. The lowest BCUT2D eigenvalue weighted by atomic mass is 9.84. The molecule has 0 fully saturated rings. The van der Waals surface area contributed by atoms with Gasteiger partial charge in [0.25, 0.3) is 0 Å². The van der Waals surface area contributed by atoms with Crippen LogP contribution >= 0.6 is 0 Å². The van der Waals surface area contributed by atoms with Crippen molar-refractivity contribution in [3.8, 4) is 0 Å². The van der Waals surface area contributed by atoms with Crippen LogP contribution in [0.2, 0.25) is 0 Å². The van der Waals surface area contributed by atoms with Crippen molar-refractivity contribution in [1.82, 2.24) is 0 Å². The molecule has 0 aliphatic heterocycles. The van der Waals surface area contributed by atoms with Crippen molar-refractivity contribution >= 4 is 0 Å². The van der Waals surface area contributed by atoms with E-state index in [2.05, 4.69) is 109 Å². The van der Waals surface area contributed by atoms with E-state index >= 15 is 0 Å². The second kappa shape index (κ2) is 22.6. The highest BCUT2D eigenvalue weighted by Gasteiger charge is 2.14. The maximum atomic E-state index is 3.90. The van der Waals surface area contributed by atoms with E-state index in [0.717, 1.165) is 12.3 Å². The summed E-state index contributed by atoms with van der Waals surface area (Å²) in [5.41, 5.74) is 7.57. The minimum Gasteiger partial charge on any atom is -0.0996 e. The third-order valence-electron chi connectivity index (χ3n) is 4.73. The monoisotopic (exact) mass is 420 g/mol. The Morgan fingerprint density at radius 1 is 0.867 bits per heavy atom. The van der Waals surface area contributed by atoms with Crippen LogP contribution in [0.25, 0.3) is 0 Å². The van der Waals surface area contributed by atoms with Crippen LogP contribution in [0.15, 0.2) is 24.3 Å². The fourth-order valence-corrected chi connectivity index (χ4v) is 2.17. The van der Waals surface area contributed by atoms with Crippen molar-refractivity contribution in [3.63, 3.8) is 0 Å². The van der Waals surface area contributed by atoms with Crippen molar-refractivity contribution in [2.75, 3.05) is 0 Å². The van der Waals surface area contributed by atoms with Crippen molar-refractivity contribution in [1.29, 1.82) is 0 Å². The summed E-state index contributed by atoms with van der Waals surface area (Å²) in [6.45, 7) is 36.3. The highest BCUT2D eigenvalue weighted by atomic mass is 14.2. The molecule has 0 radical (unpaired) electrons. The first-order valence-corrected chi connectivity index (χ1v) is 12.6. The van der Waals surface area contributed by atoms with Gasteiger partial charge in [0, 0.05) is 0 Å². The summed E-state index contributed by atoms with van der Waals surface area (Å²) in [5, 5.41) is 0. The Morgan fingerprint density at radius 3 is 1.47 bits per heavy atom. The minimum absolute atomic E-state index is 0.347. The molecule has 1 rings (SSSR count). The van der Waals surface area contributed by atoms with Crippen LogP contribution in [-0.4, -0.2) is 0 Å². The Morgan fingerprint density at radius 2 is 1.23 bits per heavy atom. The molecule has 0 aliphatic rings. The molecule has 0 bridgehead atoms. The molecule has 0 saturated carbocycles. The molecular weight excluding hydrogens is 360 g/mol. The molecule has 0 amide bonds. The number of rotatable bonds is 5. The van der Waals surface area contributed by atoms with Crippen molar-refractivity contribution in [2.24, 2.45) is 11.3 Å². The van der Waals surface area contributed by atoms with Crippen molar-refractivity contribution < 1.29 is 0 Å². The van der Waals surface area contributed by atoms with Gasteiger partial charge in [0.05, 0.1) is 0 Å². The zero-order valence-electron chi connectivity index (χ0n) is 24.0. The summed E-state index contributed by atoms with van der Waals surface area (Å²) in [5.74, 6) is 0.833. The second-order valence-corrected chi connectivity index (χ2v) is 9.27. The number of hydrogen-bond donors (Lipinski definition) is 0. The van der Waals surface area contributed by atoms with Gasteiger partial charge < -0.3 is 0 Å². The molecule has 0 aromatic heterocycles. The van der Waals surface area contributed by atoms with Crippen LogP contribution in [0, 0.1) is 25.2 Å². The van der Waals surface area contributed by atoms with Crippen molar-refractivity contribution in [2.45, 2.75) is 136 Å². The number of aryl methyl sites for hydroxylation is 4. The van der Waals surface area contributed by atoms with Crippen molar-refractivity contribution in [3.05, 3.63) is 46.5 Å². The first-order valence-electron chi connectivity index (χ1n) is 12.6. The molecule has 0 heteroatoms. The van der Waals surface area contributed by atoms with E-state index in [4.69, 9.17) is 0 Å². The van der Waals surface area contributed by atoms with Gasteiger partial charge in [-0.25, -0.2) is 0 Å². The van der Waals surface area contributed by atoms with E-state index < -0.39 is 0 Å². The molecule has 0 N–H and O–H groups in total. The van der Waals surface area contributed by atoms with Gasteiger partial charge in [-0.3, -0.25) is 0 Å². The molecule has 1 aromatic rings. The minimum atomic E-state index is 0.347. The normalized spacial score (nSPS) is 9.60.